The Kier molecular flexibility index (Phi) is 5.89. The van der Waals surface area contributed by atoms with Crippen LogP contribution in [0.15, 0.2) is 65.1 Å². The second kappa shape index (κ2) is 8.93. The molecule has 4 aromatic rings. The van der Waals surface area contributed by atoms with Crippen LogP contribution >= 0.6 is 0 Å². The fourth-order valence-electron chi connectivity index (χ4n) is 3.46. The third-order valence-electron chi connectivity index (χ3n) is 5.13. The average molecular weight is 433 g/mol. The number of anilines is 1. The van der Waals surface area contributed by atoms with E-state index >= 15 is 0 Å². The lowest BCUT2D eigenvalue weighted by Gasteiger charge is -2.12. The SMILES string of the molecule is COc1ccc(-c2oc3ccc(OC)cc3c2C(=O)Nc2ccc(OC)cc2OC)cc1. The second-order valence-corrected chi connectivity index (χ2v) is 6.92. The monoisotopic (exact) mass is 433 g/mol. The van der Waals surface area contributed by atoms with Crippen molar-refractivity contribution in [3.63, 3.8) is 0 Å². The van der Waals surface area contributed by atoms with E-state index < -0.39 is 0 Å². The van der Waals surface area contributed by atoms with E-state index in [1.54, 1.807) is 57.7 Å². The minimum absolute atomic E-state index is 0.341. The number of hydrogen-bond acceptors (Lipinski definition) is 6. The first-order valence-electron chi connectivity index (χ1n) is 9.86. The fourth-order valence-corrected chi connectivity index (χ4v) is 3.46. The first-order chi connectivity index (χ1) is 15.6. The number of furan rings is 1. The fraction of sp³-hybridized carbons (Fsp3) is 0.160. The molecule has 7 heteroatoms. The number of fused-ring (bicyclic) bond motifs is 1. The average Bonchev–Trinajstić information content (AvgIpc) is 3.23. The van der Waals surface area contributed by atoms with Crippen LogP contribution in [0.4, 0.5) is 5.69 Å². The van der Waals surface area contributed by atoms with Gasteiger partial charge in [0, 0.05) is 17.0 Å². The van der Waals surface area contributed by atoms with Crippen LogP contribution in [0.5, 0.6) is 23.0 Å². The highest BCUT2D eigenvalue weighted by Crippen LogP contribution is 2.37. The van der Waals surface area contributed by atoms with E-state index in [-0.39, 0.29) is 5.91 Å². The van der Waals surface area contributed by atoms with Gasteiger partial charge in [-0.05, 0) is 54.6 Å². The number of methoxy groups -OCH3 is 4. The van der Waals surface area contributed by atoms with Crippen molar-refractivity contribution in [2.24, 2.45) is 0 Å². The van der Waals surface area contributed by atoms with Crippen LogP contribution in [0, 0.1) is 0 Å². The standard InChI is InChI=1S/C25H23NO6/c1-28-16-7-5-15(6-8-16)24-23(19-13-17(29-2)10-12-21(19)32-24)25(27)26-20-11-9-18(30-3)14-22(20)31-4/h5-14H,1-4H3,(H,26,27). The Balaban J connectivity index is 1.82. The zero-order valence-electron chi connectivity index (χ0n) is 18.2. The molecule has 0 atom stereocenters. The minimum Gasteiger partial charge on any atom is -0.497 e. The van der Waals surface area contributed by atoms with Crippen molar-refractivity contribution in [1.29, 1.82) is 0 Å². The second-order valence-electron chi connectivity index (χ2n) is 6.92. The Labute approximate surface area is 185 Å². The molecule has 3 aromatic carbocycles. The number of amides is 1. The van der Waals surface area contributed by atoms with Crippen LogP contribution in [0.1, 0.15) is 10.4 Å². The lowest BCUT2D eigenvalue weighted by molar-refractivity contribution is 0.102. The van der Waals surface area contributed by atoms with Gasteiger partial charge in [0.05, 0.1) is 39.7 Å². The van der Waals surface area contributed by atoms with Crippen molar-refractivity contribution < 1.29 is 28.2 Å². The molecule has 0 unspecified atom stereocenters. The van der Waals surface area contributed by atoms with Gasteiger partial charge in [0.15, 0.2) is 0 Å². The molecule has 0 radical (unpaired) electrons. The highest BCUT2D eigenvalue weighted by Gasteiger charge is 2.24. The van der Waals surface area contributed by atoms with Crippen LogP contribution in [-0.4, -0.2) is 34.3 Å². The van der Waals surface area contributed by atoms with E-state index in [4.69, 9.17) is 23.4 Å². The molecule has 32 heavy (non-hydrogen) atoms. The quantitative estimate of drug-likeness (QED) is 0.421. The summed E-state index contributed by atoms with van der Waals surface area (Å²) >= 11 is 0. The molecule has 4 rings (SSSR count). The van der Waals surface area contributed by atoms with Gasteiger partial charge < -0.3 is 28.7 Å². The van der Waals surface area contributed by atoms with E-state index in [0.29, 0.717) is 51.0 Å². The van der Waals surface area contributed by atoms with Crippen molar-refractivity contribution >= 4 is 22.6 Å². The Hall–Kier alpha value is -4.13. The third-order valence-corrected chi connectivity index (χ3v) is 5.13. The van der Waals surface area contributed by atoms with Crippen LogP contribution in [0.25, 0.3) is 22.3 Å². The summed E-state index contributed by atoms with van der Waals surface area (Å²) in [7, 11) is 6.28. The molecule has 164 valence electrons. The predicted molar refractivity (Wildman–Crippen MR) is 122 cm³/mol. The van der Waals surface area contributed by atoms with E-state index in [1.165, 1.54) is 7.11 Å². The van der Waals surface area contributed by atoms with Crippen LogP contribution < -0.4 is 24.3 Å². The summed E-state index contributed by atoms with van der Waals surface area (Å²) in [6.45, 7) is 0. The first-order valence-corrected chi connectivity index (χ1v) is 9.86. The number of carbonyl (C=O) groups is 1. The summed E-state index contributed by atoms with van der Waals surface area (Å²) in [6, 6.07) is 17.9. The Morgan fingerprint density at radius 3 is 2.03 bits per heavy atom. The molecule has 0 aliphatic rings. The summed E-state index contributed by atoms with van der Waals surface area (Å²) in [5, 5.41) is 3.57. The van der Waals surface area contributed by atoms with Gasteiger partial charge in [-0.1, -0.05) is 0 Å². The lowest BCUT2D eigenvalue weighted by Crippen LogP contribution is -2.13. The Bertz CT molecular complexity index is 1260. The molecule has 0 spiro atoms. The number of carbonyl (C=O) groups excluding carboxylic acids is 1. The highest BCUT2D eigenvalue weighted by atomic mass is 16.5. The Morgan fingerprint density at radius 2 is 1.38 bits per heavy atom. The minimum atomic E-state index is -0.341. The van der Waals surface area contributed by atoms with Gasteiger partial charge in [-0.3, -0.25) is 4.79 Å². The van der Waals surface area contributed by atoms with Crippen molar-refractivity contribution in [2.75, 3.05) is 33.8 Å². The molecule has 1 heterocycles. The maximum Gasteiger partial charge on any atom is 0.260 e. The summed E-state index contributed by atoms with van der Waals surface area (Å²) < 4.78 is 27.4. The first kappa shape index (κ1) is 21.1. The van der Waals surface area contributed by atoms with Gasteiger partial charge in [-0.15, -0.1) is 0 Å². The van der Waals surface area contributed by atoms with Gasteiger partial charge in [0.25, 0.3) is 5.91 Å². The number of hydrogen-bond donors (Lipinski definition) is 1. The molecule has 0 saturated heterocycles. The van der Waals surface area contributed by atoms with E-state index in [0.717, 1.165) is 5.56 Å². The predicted octanol–water partition coefficient (Wildman–Crippen LogP) is 5.39. The zero-order chi connectivity index (χ0) is 22.7. The van der Waals surface area contributed by atoms with Crippen LogP contribution in [0.2, 0.25) is 0 Å². The molecule has 7 nitrogen and oxygen atoms in total. The molecule has 1 amide bonds. The molecule has 0 aliphatic heterocycles. The van der Waals surface area contributed by atoms with E-state index in [9.17, 15) is 4.79 Å². The molecular weight excluding hydrogens is 410 g/mol. The van der Waals surface area contributed by atoms with Gasteiger partial charge in [0.2, 0.25) is 0 Å². The molecule has 1 aromatic heterocycles. The van der Waals surface area contributed by atoms with Gasteiger partial charge in [-0.25, -0.2) is 0 Å². The smallest absolute Gasteiger partial charge is 0.260 e. The largest absolute Gasteiger partial charge is 0.497 e. The number of rotatable bonds is 7. The van der Waals surface area contributed by atoms with Crippen molar-refractivity contribution in [1.82, 2.24) is 0 Å². The molecule has 0 aliphatic carbocycles. The lowest BCUT2D eigenvalue weighted by atomic mass is 10.0. The van der Waals surface area contributed by atoms with Gasteiger partial charge in [0.1, 0.15) is 34.3 Å². The van der Waals surface area contributed by atoms with E-state index in [1.807, 2.05) is 24.3 Å². The van der Waals surface area contributed by atoms with Crippen LogP contribution in [0.3, 0.4) is 0 Å². The molecule has 1 N–H and O–H groups in total. The van der Waals surface area contributed by atoms with E-state index in [2.05, 4.69) is 5.32 Å². The third kappa shape index (κ3) is 3.92. The van der Waals surface area contributed by atoms with Crippen molar-refractivity contribution in [2.45, 2.75) is 0 Å². The summed E-state index contributed by atoms with van der Waals surface area (Å²) in [5.41, 5.74) is 2.22. The molecule has 0 saturated carbocycles. The van der Waals surface area contributed by atoms with Gasteiger partial charge >= 0.3 is 0 Å². The molecule has 0 fully saturated rings. The summed E-state index contributed by atoms with van der Waals surface area (Å²) in [4.78, 5) is 13.5. The maximum atomic E-state index is 13.5. The normalized spacial score (nSPS) is 10.6. The molecule has 0 bridgehead atoms. The summed E-state index contributed by atoms with van der Waals surface area (Å²) in [6.07, 6.45) is 0. The number of nitrogens with one attached hydrogen (secondary N) is 1. The van der Waals surface area contributed by atoms with Gasteiger partial charge in [-0.2, -0.15) is 0 Å². The number of benzene rings is 3. The topological polar surface area (TPSA) is 79.2 Å². The van der Waals surface area contributed by atoms with Crippen LogP contribution in [-0.2, 0) is 0 Å². The zero-order valence-corrected chi connectivity index (χ0v) is 18.2. The maximum absolute atomic E-state index is 13.5. The molecular formula is C25H23NO6. The highest BCUT2D eigenvalue weighted by molar-refractivity contribution is 6.17. The Morgan fingerprint density at radius 1 is 0.750 bits per heavy atom. The number of ether oxygens (including phenoxy) is 4. The van der Waals surface area contributed by atoms with Crippen molar-refractivity contribution in [3.05, 3.63) is 66.2 Å². The van der Waals surface area contributed by atoms with Crippen molar-refractivity contribution in [3.8, 4) is 34.3 Å². The summed E-state index contributed by atoms with van der Waals surface area (Å²) in [5.74, 6) is 2.54.